The average Bonchev–Trinajstić information content (AvgIpc) is 3.44. The van der Waals surface area contributed by atoms with E-state index in [0.29, 0.717) is 12.8 Å². The van der Waals surface area contributed by atoms with Gasteiger partial charge >= 0.3 is 0 Å². The first-order valence-electron chi connectivity index (χ1n) is 30.1. The van der Waals surface area contributed by atoms with Crippen LogP contribution in [0.3, 0.4) is 0 Å². The van der Waals surface area contributed by atoms with E-state index < -0.39 is 124 Å². The van der Waals surface area contributed by atoms with Gasteiger partial charge in [0.15, 0.2) is 18.9 Å². The second-order valence-corrected chi connectivity index (χ2v) is 21.8. The van der Waals surface area contributed by atoms with Gasteiger partial charge in [0.1, 0.15) is 73.2 Å². The van der Waals surface area contributed by atoms with E-state index in [1.807, 2.05) is 0 Å². The summed E-state index contributed by atoms with van der Waals surface area (Å²) in [5.74, 6) is -0.256. The van der Waals surface area contributed by atoms with Gasteiger partial charge in [-0.3, -0.25) is 4.79 Å². The molecule has 1 amide bonds. The van der Waals surface area contributed by atoms with Crippen LogP contribution in [0.2, 0.25) is 0 Å². The molecule has 3 saturated heterocycles. The minimum Gasteiger partial charge on any atom is -0.394 e. The highest BCUT2D eigenvalue weighted by molar-refractivity contribution is 5.76. The van der Waals surface area contributed by atoms with E-state index in [1.54, 1.807) is 0 Å². The first-order valence-corrected chi connectivity index (χ1v) is 30.1. The Morgan fingerprint density at radius 1 is 0.468 bits per heavy atom. The van der Waals surface area contributed by atoms with Gasteiger partial charge in [0.2, 0.25) is 5.91 Å². The number of rotatable bonds is 44. The number of aliphatic hydroxyl groups excluding tert-OH is 11. The molecule has 3 aliphatic rings. The number of ether oxygens (including phenoxy) is 6. The molecule has 17 atom stereocenters. The molecule has 12 N–H and O–H groups in total. The van der Waals surface area contributed by atoms with Gasteiger partial charge in [0.05, 0.1) is 38.6 Å². The summed E-state index contributed by atoms with van der Waals surface area (Å²) < 4.78 is 34.3. The maximum atomic E-state index is 13.3. The monoisotopic (exact) mass is 1110 g/mol. The number of nitrogens with one attached hydrogen (secondary N) is 1. The lowest BCUT2D eigenvalue weighted by Gasteiger charge is -2.48. The lowest BCUT2D eigenvalue weighted by molar-refractivity contribution is -0.379. The van der Waals surface area contributed by atoms with Crippen molar-refractivity contribution in [3.63, 3.8) is 0 Å². The summed E-state index contributed by atoms with van der Waals surface area (Å²) in [6.07, 6.45) is 15.4. The average molecular weight is 1110 g/mol. The van der Waals surface area contributed by atoms with Gasteiger partial charge in [0, 0.05) is 6.42 Å². The van der Waals surface area contributed by atoms with Crippen LogP contribution in [0, 0.1) is 0 Å². The van der Waals surface area contributed by atoms with Crippen LogP contribution >= 0.6 is 0 Å². The molecule has 19 nitrogen and oxygen atoms in total. The van der Waals surface area contributed by atoms with Crippen molar-refractivity contribution >= 4 is 5.91 Å². The lowest BCUT2D eigenvalue weighted by atomic mass is 9.96. The molecule has 0 radical (unpaired) electrons. The molecule has 0 aromatic carbocycles. The van der Waals surface area contributed by atoms with Crippen LogP contribution in [0.15, 0.2) is 24.3 Å². The third-order valence-electron chi connectivity index (χ3n) is 15.3. The summed E-state index contributed by atoms with van der Waals surface area (Å²) in [5, 5.41) is 120. The van der Waals surface area contributed by atoms with Gasteiger partial charge in [-0.1, -0.05) is 179 Å². The summed E-state index contributed by atoms with van der Waals surface area (Å²) in [4.78, 5) is 13.3. The van der Waals surface area contributed by atoms with Crippen LogP contribution in [0.5, 0.6) is 0 Å². The smallest absolute Gasteiger partial charge is 0.220 e. The largest absolute Gasteiger partial charge is 0.394 e. The van der Waals surface area contributed by atoms with E-state index in [-0.39, 0.29) is 18.9 Å². The number of unbranched alkanes of at least 4 members (excludes halogenated alkanes) is 24. The molecule has 3 heterocycles. The Hall–Kier alpha value is -1.73. The maximum absolute atomic E-state index is 13.3. The minimum absolute atomic E-state index is 0.251. The Labute approximate surface area is 460 Å². The molecule has 452 valence electrons. The normalized spacial score (nSPS) is 30.8. The van der Waals surface area contributed by atoms with Crippen LogP contribution in [0.1, 0.15) is 206 Å². The van der Waals surface area contributed by atoms with Crippen LogP contribution in [0.4, 0.5) is 0 Å². The zero-order valence-corrected chi connectivity index (χ0v) is 46.9. The highest BCUT2D eigenvalue weighted by Crippen LogP contribution is 2.33. The molecule has 3 aliphatic heterocycles. The van der Waals surface area contributed by atoms with E-state index in [1.165, 1.54) is 103 Å². The number of carbonyl (C=O) groups is 1. The highest BCUT2D eigenvalue weighted by Gasteiger charge is 2.53. The highest BCUT2D eigenvalue weighted by atomic mass is 16.8. The molecule has 0 aromatic rings. The predicted molar refractivity (Wildman–Crippen MR) is 291 cm³/mol. The molecule has 19 heteroatoms. The van der Waals surface area contributed by atoms with E-state index in [9.17, 15) is 61.0 Å². The molecular formula is C58H107NO18. The van der Waals surface area contributed by atoms with E-state index in [0.717, 1.165) is 70.6 Å². The first kappa shape index (κ1) is 69.5. The third kappa shape index (κ3) is 26.4. The molecule has 0 aromatic heterocycles. The molecule has 0 spiro atoms. The number of carbonyl (C=O) groups excluding carboxylic acids is 1. The molecule has 3 fully saturated rings. The number of amides is 1. The Bertz CT molecular complexity index is 1510. The fourth-order valence-corrected chi connectivity index (χ4v) is 10.3. The minimum atomic E-state index is -1.97. The number of hydrogen-bond acceptors (Lipinski definition) is 18. The fourth-order valence-electron chi connectivity index (χ4n) is 10.3. The molecule has 0 bridgehead atoms. The van der Waals surface area contributed by atoms with E-state index in [4.69, 9.17) is 28.4 Å². The van der Waals surface area contributed by atoms with Crippen molar-refractivity contribution in [2.45, 2.75) is 311 Å². The van der Waals surface area contributed by atoms with Crippen molar-refractivity contribution in [3.8, 4) is 0 Å². The quantitative estimate of drug-likeness (QED) is 0.0277. The second-order valence-electron chi connectivity index (χ2n) is 21.8. The molecule has 17 unspecified atom stereocenters. The Morgan fingerprint density at radius 3 is 1.34 bits per heavy atom. The standard InChI is InChI=1S/C58H107NO18/c1-3-5-7-9-11-13-15-17-19-21-23-25-27-29-31-33-35-42(63)41(59-46(64)36-34-32-30-28-26-24-22-20-18-16-14-12-10-8-6-4-2)40-72-56-52(70)49(67)54(44(38-61)74-56)77-58-53(71)50(68)55(45(39-62)75-58)76-57-51(69)48(66)47(65)43(37-60)73-57/h14,16,20,22,41-45,47-58,60-63,65-71H,3-13,15,17-19,21,23-40H2,1-2H3,(H,59,64)/b16-14-,22-20-. The van der Waals surface area contributed by atoms with Crippen molar-refractivity contribution in [2.24, 2.45) is 0 Å². The molecule has 77 heavy (non-hydrogen) atoms. The topological polar surface area (TPSA) is 307 Å². The van der Waals surface area contributed by atoms with Gasteiger partial charge in [-0.2, -0.15) is 0 Å². The summed E-state index contributed by atoms with van der Waals surface area (Å²) in [6, 6.07) is -0.892. The Kier molecular flexibility index (Phi) is 38.1. The number of allylic oxidation sites excluding steroid dienone is 4. The second kappa shape index (κ2) is 42.1. The van der Waals surface area contributed by atoms with Crippen molar-refractivity contribution in [3.05, 3.63) is 24.3 Å². The van der Waals surface area contributed by atoms with Gasteiger partial charge in [-0.25, -0.2) is 0 Å². The molecule has 3 rings (SSSR count). The van der Waals surface area contributed by atoms with Gasteiger partial charge in [0.25, 0.3) is 0 Å². The van der Waals surface area contributed by atoms with Crippen LogP contribution in [-0.2, 0) is 33.2 Å². The third-order valence-corrected chi connectivity index (χ3v) is 15.3. The van der Waals surface area contributed by atoms with Crippen LogP contribution in [0.25, 0.3) is 0 Å². The predicted octanol–water partition coefficient (Wildman–Crippen LogP) is 5.15. The van der Waals surface area contributed by atoms with Crippen molar-refractivity contribution < 1.29 is 89.4 Å². The molecule has 0 saturated carbocycles. The van der Waals surface area contributed by atoms with E-state index >= 15 is 0 Å². The summed E-state index contributed by atoms with van der Waals surface area (Å²) in [7, 11) is 0. The van der Waals surface area contributed by atoms with Gasteiger partial charge in [-0.15, -0.1) is 0 Å². The molecule has 0 aliphatic carbocycles. The SMILES string of the molecule is CCCCCC/C=C\C/C=C\CCCCCCCC(=O)NC(COC1OC(CO)C(OC2OC(CO)C(OC3OC(CO)C(O)C(O)C3O)C(O)C2O)C(O)C1O)C(O)CCCCCCCCCCCCCCCCCC. The van der Waals surface area contributed by atoms with Crippen LogP contribution < -0.4 is 5.32 Å². The lowest BCUT2D eigenvalue weighted by Crippen LogP contribution is -2.66. The van der Waals surface area contributed by atoms with Crippen LogP contribution in [-0.4, -0.2) is 193 Å². The Balaban J connectivity index is 1.51. The fraction of sp³-hybridized carbons (Fsp3) is 0.914. The zero-order chi connectivity index (χ0) is 56.2. The molecular weight excluding hydrogens is 999 g/mol. The number of hydrogen-bond donors (Lipinski definition) is 12. The van der Waals surface area contributed by atoms with Crippen molar-refractivity contribution in [1.29, 1.82) is 0 Å². The summed E-state index contributed by atoms with van der Waals surface area (Å²) in [6.45, 7) is 1.76. The van der Waals surface area contributed by atoms with Crippen molar-refractivity contribution in [1.82, 2.24) is 5.32 Å². The summed E-state index contributed by atoms with van der Waals surface area (Å²) in [5.41, 5.74) is 0. The van der Waals surface area contributed by atoms with Crippen molar-refractivity contribution in [2.75, 3.05) is 26.4 Å². The zero-order valence-electron chi connectivity index (χ0n) is 46.9. The Morgan fingerprint density at radius 2 is 0.857 bits per heavy atom. The van der Waals surface area contributed by atoms with E-state index in [2.05, 4.69) is 43.5 Å². The summed E-state index contributed by atoms with van der Waals surface area (Å²) >= 11 is 0. The maximum Gasteiger partial charge on any atom is 0.220 e. The number of aliphatic hydroxyl groups is 11. The van der Waals surface area contributed by atoms with Gasteiger partial charge in [-0.05, 0) is 44.9 Å². The first-order chi connectivity index (χ1) is 37.3. The van der Waals surface area contributed by atoms with Gasteiger partial charge < -0.3 is 89.9 Å².